The van der Waals surface area contributed by atoms with Crippen LogP contribution in [0.25, 0.3) is 0 Å². The molecule has 1 atom stereocenters. The SMILES string of the molecule is CC(C)(CN)CC(N)c1ccc(C(C)(C)C)cc1. The van der Waals surface area contributed by atoms with Gasteiger partial charge < -0.3 is 11.5 Å². The second kappa shape index (κ2) is 5.41. The summed E-state index contributed by atoms with van der Waals surface area (Å²) in [5.74, 6) is 0. The van der Waals surface area contributed by atoms with E-state index >= 15 is 0 Å². The molecule has 0 aromatic heterocycles. The molecule has 0 heterocycles. The van der Waals surface area contributed by atoms with Gasteiger partial charge in [-0.2, -0.15) is 0 Å². The monoisotopic (exact) mass is 248 g/mol. The second-order valence-corrected chi connectivity index (χ2v) is 7.05. The first kappa shape index (κ1) is 15.2. The Morgan fingerprint density at radius 3 is 1.89 bits per heavy atom. The Hall–Kier alpha value is -0.860. The Balaban J connectivity index is 2.80. The summed E-state index contributed by atoms with van der Waals surface area (Å²) in [6.07, 6.45) is 0.915. The Bertz CT molecular complexity index is 371. The molecule has 4 N–H and O–H groups in total. The van der Waals surface area contributed by atoms with Crippen LogP contribution in [0.3, 0.4) is 0 Å². The van der Waals surface area contributed by atoms with E-state index in [0.29, 0.717) is 6.54 Å². The van der Waals surface area contributed by atoms with Crippen molar-refractivity contribution in [3.05, 3.63) is 35.4 Å². The minimum Gasteiger partial charge on any atom is -0.330 e. The van der Waals surface area contributed by atoms with Gasteiger partial charge in [0.2, 0.25) is 0 Å². The Morgan fingerprint density at radius 2 is 1.50 bits per heavy atom. The van der Waals surface area contributed by atoms with Crippen molar-refractivity contribution in [2.45, 2.75) is 52.5 Å². The summed E-state index contributed by atoms with van der Waals surface area (Å²) in [7, 11) is 0. The van der Waals surface area contributed by atoms with E-state index in [9.17, 15) is 0 Å². The fourth-order valence-electron chi connectivity index (χ4n) is 2.03. The van der Waals surface area contributed by atoms with E-state index in [1.54, 1.807) is 0 Å². The maximum Gasteiger partial charge on any atom is 0.0300 e. The summed E-state index contributed by atoms with van der Waals surface area (Å²) < 4.78 is 0. The summed E-state index contributed by atoms with van der Waals surface area (Å²) in [5, 5.41) is 0. The Morgan fingerprint density at radius 1 is 1.00 bits per heavy atom. The van der Waals surface area contributed by atoms with Gasteiger partial charge in [-0.05, 0) is 34.9 Å². The zero-order chi connectivity index (χ0) is 14.0. The summed E-state index contributed by atoms with van der Waals surface area (Å²) in [5.41, 5.74) is 14.9. The highest BCUT2D eigenvalue weighted by molar-refractivity contribution is 5.29. The molecule has 2 heteroatoms. The van der Waals surface area contributed by atoms with Gasteiger partial charge in [0.15, 0.2) is 0 Å². The van der Waals surface area contributed by atoms with Crippen LogP contribution >= 0.6 is 0 Å². The van der Waals surface area contributed by atoms with Gasteiger partial charge in [-0.3, -0.25) is 0 Å². The van der Waals surface area contributed by atoms with Crippen molar-refractivity contribution in [2.75, 3.05) is 6.54 Å². The van der Waals surface area contributed by atoms with Crippen LogP contribution in [0.15, 0.2) is 24.3 Å². The fourth-order valence-corrected chi connectivity index (χ4v) is 2.03. The van der Waals surface area contributed by atoms with Crippen molar-refractivity contribution < 1.29 is 0 Å². The highest BCUT2D eigenvalue weighted by Crippen LogP contribution is 2.29. The van der Waals surface area contributed by atoms with Crippen molar-refractivity contribution in [3.8, 4) is 0 Å². The Labute approximate surface area is 112 Å². The molecule has 0 aliphatic heterocycles. The second-order valence-electron chi connectivity index (χ2n) is 7.05. The number of rotatable bonds is 4. The zero-order valence-corrected chi connectivity index (χ0v) is 12.5. The first-order chi connectivity index (χ1) is 8.15. The first-order valence-corrected chi connectivity index (χ1v) is 6.72. The highest BCUT2D eigenvalue weighted by atomic mass is 14.7. The molecule has 1 rings (SSSR count). The molecule has 102 valence electrons. The van der Waals surface area contributed by atoms with Crippen molar-refractivity contribution in [3.63, 3.8) is 0 Å². The molecule has 1 aromatic rings. The van der Waals surface area contributed by atoms with Gasteiger partial charge in [0.1, 0.15) is 0 Å². The molecular weight excluding hydrogens is 220 g/mol. The van der Waals surface area contributed by atoms with Crippen LogP contribution in [0.4, 0.5) is 0 Å². The van der Waals surface area contributed by atoms with Gasteiger partial charge in [0.05, 0.1) is 0 Å². The van der Waals surface area contributed by atoms with Gasteiger partial charge >= 0.3 is 0 Å². The smallest absolute Gasteiger partial charge is 0.0300 e. The number of nitrogens with two attached hydrogens (primary N) is 2. The van der Waals surface area contributed by atoms with Crippen LogP contribution in [-0.2, 0) is 5.41 Å². The summed E-state index contributed by atoms with van der Waals surface area (Å²) in [6, 6.07) is 8.74. The predicted molar refractivity (Wildman–Crippen MR) is 79.5 cm³/mol. The molecule has 1 unspecified atom stereocenters. The van der Waals surface area contributed by atoms with Crippen LogP contribution in [-0.4, -0.2) is 6.54 Å². The molecule has 0 aliphatic rings. The van der Waals surface area contributed by atoms with Gasteiger partial charge in [-0.1, -0.05) is 58.9 Å². The summed E-state index contributed by atoms with van der Waals surface area (Å²) in [4.78, 5) is 0. The van der Waals surface area contributed by atoms with Crippen molar-refractivity contribution >= 4 is 0 Å². The van der Waals surface area contributed by atoms with Gasteiger partial charge in [0.25, 0.3) is 0 Å². The highest BCUT2D eigenvalue weighted by Gasteiger charge is 2.21. The zero-order valence-electron chi connectivity index (χ0n) is 12.5. The lowest BCUT2D eigenvalue weighted by Crippen LogP contribution is -2.28. The van der Waals surface area contributed by atoms with E-state index in [1.165, 1.54) is 11.1 Å². The van der Waals surface area contributed by atoms with E-state index in [0.717, 1.165) is 6.42 Å². The average molecular weight is 248 g/mol. The van der Waals surface area contributed by atoms with Gasteiger partial charge in [-0.25, -0.2) is 0 Å². The summed E-state index contributed by atoms with van der Waals surface area (Å²) >= 11 is 0. The van der Waals surface area contributed by atoms with Crippen LogP contribution in [0.5, 0.6) is 0 Å². The van der Waals surface area contributed by atoms with Crippen LogP contribution in [0.1, 0.15) is 58.2 Å². The molecule has 0 amide bonds. The topological polar surface area (TPSA) is 52.0 Å². The van der Waals surface area contributed by atoms with Crippen LogP contribution in [0, 0.1) is 5.41 Å². The van der Waals surface area contributed by atoms with E-state index in [4.69, 9.17) is 11.5 Å². The molecule has 0 aliphatic carbocycles. The van der Waals surface area contributed by atoms with Crippen LogP contribution in [0.2, 0.25) is 0 Å². The fraction of sp³-hybridized carbons (Fsp3) is 0.625. The quantitative estimate of drug-likeness (QED) is 0.858. The van der Waals surface area contributed by atoms with Gasteiger partial charge in [0, 0.05) is 6.04 Å². The van der Waals surface area contributed by atoms with E-state index in [1.807, 2.05) is 0 Å². The predicted octanol–water partition coefficient (Wildman–Crippen LogP) is 3.36. The van der Waals surface area contributed by atoms with E-state index in [-0.39, 0.29) is 16.9 Å². The van der Waals surface area contributed by atoms with Crippen molar-refractivity contribution in [1.82, 2.24) is 0 Å². The number of hydrogen-bond donors (Lipinski definition) is 2. The minimum atomic E-state index is 0.0672. The standard InChI is InChI=1S/C16H28N2/c1-15(2,3)13-8-6-12(7-9-13)14(18)10-16(4,5)11-17/h6-9,14H,10-11,17-18H2,1-5H3. The number of benzene rings is 1. The summed E-state index contributed by atoms with van der Waals surface area (Å²) in [6.45, 7) is 11.7. The minimum absolute atomic E-state index is 0.0672. The molecule has 2 nitrogen and oxygen atoms in total. The molecule has 0 saturated carbocycles. The van der Waals surface area contributed by atoms with Crippen molar-refractivity contribution in [2.24, 2.45) is 16.9 Å². The Kier molecular flexibility index (Phi) is 4.57. The van der Waals surface area contributed by atoms with Crippen LogP contribution < -0.4 is 11.5 Å². The molecule has 1 aromatic carbocycles. The van der Waals surface area contributed by atoms with E-state index in [2.05, 4.69) is 58.9 Å². The maximum atomic E-state index is 6.26. The third-order valence-electron chi connectivity index (χ3n) is 3.53. The lowest BCUT2D eigenvalue weighted by Gasteiger charge is -2.27. The molecule has 0 fully saturated rings. The molecule has 0 bridgehead atoms. The lowest BCUT2D eigenvalue weighted by atomic mass is 9.82. The van der Waals surface area contributed by atoms with E-state index < -0.39 is 0 Å². The molecular formula is C16H28N2. The molecule has 0 radical (unpaired) electrons. The van der Waals surface area contributed by atoms with Crippen molar-refractivity contribution in [1.29, 1.82) is 0 Å². The lowest BCUT2D eigenvalue weighted by molar-refractivity contribution is 0.317. The molecule has 18 heavy (non-hydrogen) atoms. The maximum absolute atomic E-state index is 6.26. The third-order valence-corrected chi connectivity index (χ3v) is 3.53. The molecule has 0 spiro atoms. The first-order valence-electron chi connectivity index (χ1n) is 6.72. The number of hydrogen-bond acceptors (Lipinski definition) is 2. The average Bonchev–Trinajstić information content (AvgIpc) is 2.27. The third kappa shape index (κ3) is 4.11. The van der Waals surface area contributed by atoms with Gasteiger partial charge in [-0.15, -0.1) is 0 Å². The largest absolute Gasteiger partial charge is 0.330 e. The normalized spacial score (nSPS) is 14.6. The molecule has 0 saturated heterocycles.